The van der Waals surface area contributed by atoms with Gasteiger partial charge >= 0.3 is 0 Å². The Morgan fingerprint density at radius 3 is 2.95 bits per heavy atom. The zero-order chi connectivity index (χ0) is 15.5. The van der Waals surface area contributed by atoms with Crippen molar-refractivity contribution in [2.75, 3.05) is 6.61 Å². The second kappa shape index (κ2) is 6.30. The maximum absolute atomic E-state index is 9.38. The van der Waals surface area contributed by atoms with Crippen molar-refractivity contribution in [1.82, 2.24) is 29.8 Å². The van der Waals surface area contributed by atoms with E-state index in [1.165, 1.54) is 16.4 Å². The summed E-state index contributed by atoms with van der Waals surface area (Å²) in [5.41, 5.74) is 0.551. The van der Waals surface area contributed by atoms with E-state index in [-0.39, 0.29) is 13.2 Å². The molecule has 0 aliphatic heterocycles. The van der Waals surface area contributed by atoms with Gasteiger partial charge in [0.25, 0.3) is 0 Å². The Hall–Kier alpha value is -2.17. The number of hydrogen-bond acceptors (Lipinski definition) is 8. The van der Waals surface area contributed by atoms with Crippen LogP contribution in [0.25, 0.3) is 11.5 Å². The van der Waals surface area contributed by atoms with Crippen molar-refractivity contribution in [1.29, 1.82) is 0 Å². The molecule has 1 unspecified atom stereocenters. The summed E-state index contributed by atoms with van der Waals surface area (Å²) in [6.45, 7) is -0.154. The van der Waals surface area contributed by atoms with E-state index in [0.29, 0.717) is 16.5 Å². The molecule has 3 aromatic rings. The predicted molar refractivity (Wildman–Crippen MR) is 75.9 cm³/mol. The zero-order valence-electron chi connectivity index (χ0n) is 11.7. The second-order valence-electron chi connectivity index (χ2n) is 4.61. The second-order valence-corrected chi connectivity index (χ2v) is 5.58. The SMILES string of the molecule is Cn1cnnc1Sc1ccc(-c2cn(CC(O)CO)nn2)o1. The summed E-state index contributed by atoms with van der Waals surface area (Å²) in [5, 5.41) is 35.2. The number of furan rings is 1. The molecule has 22 heavy (non-hydrogen) atoms. The number of aliphatic hydroxyl groups excluding tert-OH is 2. The van der Waals surface area contributed by atoms with Crippen LogP contribution in [0.15, 0.2) is 39.3 Å². The molecule has 116 valence electrons. The molecule has 3 rings (SSSR count). The summed E-state index contributed by atoms with van der Waals surface area (Å²) < 4.78 is 8.94. The molecule has 0 fully saturated rings. The van der Waals surface area contributed by atoms with Crippen molar-refractivity contribution < 1.29 is 14.6 Å². The fourth-order valence-corrected chi connectivity index (χ4v) is 2.47. The van der Waals surface area contributed by atoms with Crippen LogP contribution in [0.4, 0.5) is 0 Å². The Morgan fingerprint density at radius 1 is 1.36 bits per heavy atom. The minimum absolute atomic E-state index is 0.171. The Labute approximate surface area is 129 Å². The monoisotopic (exact) mass is 322 g/mol. The molecule has 0 bridgehead atoms. The minimum atomic E-state index is -0.867. The molecule has 0 aliphatic carbocycles. The summed E-state index contributed by atoms with van der Waals surface area (Å²) in [6.07, 6.45) is 2.40. The van der Waals surface area contributed by atoms with Gasteiger partial charge in [0.15, 0.2) is 16.0 Å². The highest BCUT2D eigenvalue weighted by Crippen LogP contribution is 2.30. The van der Waals surface area contributed by atoms with Crippen molar-refractivity contribution in [2.45, 2.75) is 22.9 Å². The Bertz CT molecular complexity index is 751. The summed E-state index contributed by atoms with van der Waals surface area (Å²) in [7, 11) is 1.85. The van der Waals surface area contributed by atoms with E-state index >= 15 is 0 Å². The first-order valence-corrected chi connectivity index (χ1v) is 7.28. The molecule has 0 saturated carbocycles. The molecule has 0 spiro atoms. The third-order valence-corrected chi connectivity index (χ3v) is 3.82. The van der Waals surface area contributed by atoms with Gasteiger partial charge in [0, 0.05) is 7.05 Å². The quantitative estimate of drug-likeness (QED) is 0.660. The van der Waals surface area contributed by atoms with E-state index in [2.05, 4.69) is 20.5 Å². The van der Waals surface area contributed by atoms with Crippen LogP contribution in [0.2, 0.25) is 0 Å². The van der Waals surface area contributed by atoms with Crippen molar-refractivity contribution >= 4 is 11.8 Å². The smallest absolute Gasteiger partial charge is 0.198 e. The van der Waals surface area contributed by atoms with Crippen LogP contribution in [0.1, 0.15) is 0 Å². The summed E-state index contributed by atoms with van der Waals surface area (Å²) in [6, 6.07) is 3.60. The Balaban J connectivity index is 1.72. The normalized spacial score (nSPS) is 12.7. The maximum Gasteiger partial charge on any atom is 0.198 e. The number of hydrogen-bond donors (Lipinski definition) is 2. The van der Waals surface area contributed by atoms with Gasteiger partial charge in [-0.2, -0.15) is 0 Å². The molecule has 2 N–H and O–H groups in total. The lowest BCUT2D eigenvalue weighted by atomic mass is 10.3. The van der Waals surface area contributed by atoms with Gasteiger partial charge in [0.1, 0.15) is 12.0 Å². The number of aliphatic hydroxyl groups is 2. The third-order valence-electron chi connectivity index (χ3n) is 2.84. The van der Waals surface area contributed by atoms with E-state index in [4.69, 9.17) is 9.52 Å². The van der Waals surface area contributed by atoms with Crippen LogP contribution in [0, 0.1) is 0 Å². The van der Waals surface area contributed by atoms with Gasteiger partial charge < -0.3 is 19.2 Å². The van der Waals surface area contributed by atoms with Crippen LogP contribution >= 0.6 is 11.8 Å². The first kappa shape index (κ1) is 14.8. The van der Waals surface area contributed by atoms with Crippen LogP contribution in [0.3, 0.4) is 0 Å². The predicted octanol–water partition coefficient (Wildman–Crippen LogP) is 0.171. The fraction of sp³-hybridized carbons (Fsp3) is 0.333. The average Bonchev–Trinajstić information content (AvgIpc) is 3.22. The zero-order valence-corrected chi connectivity index (χ0v) is 12.5. The van der Waals surface area contributed by atoms with E-state index < -0.39 is 6.10 Å². The summed E-state index contributed by atoms with van der Waals surface area (Å²) in [5.74, 6) is 0.564. The first-order valence-electron chi connectivity index (χ1n) is 6.47. The highest BCUT2D eigenvalue weighted by molar-refractivity contribution is 7.99. The van der Waals surface area contributed by atoms with Gasteiger partial charge in [-0.05, 0) is 23.9 Å². The number of rotatable bonds is 6. The molecule has 0 aliphatic rings. The number of aromatic nitrogens is 6. The Kier molecular flexibility index (Phi) is 4.22. The standard InChI is InChI=1S/C12H14N6O3S/c1-17-7-13-15-12(17)22-11-3-2-10(21-11)9-5-18(16-14-9)4-8(20)6-19/h2-3,5,7-8,19-20H,4,6H2,1H3. The largest absolute Gasteiger partial charge is 0.448 e. The topological polar surface area (TPSA) is 115 Å². The van der Waals surface area contributed by atoms with Crippen molar-refractivity contribution in [3.8, 4) is 11.5 Å². The molecule has 10 heteroatoms. The van der Waals surface area contributed by atoms with E-state index in [0.717, 1.165) is 5.16 Å². The molecule has 3 aromatic heterocycles. The third kappa shape index (κ3) is 3.18. The van der Waals surface area contributed by atoms with Gasteiger partial charge in [0.05, 0.1) is 25.5 Å². The van der Waals surface area contributed by atoms with Crippen LogP contribution < -0.4 is 0 Å². The number of aryl methyl sites for hydroxylation is 1. The van der Waals surface area contributed by atoms with Gasteiger partial charge in [-0.15, -0.1) is 15.3 Å². The molecule has 9 nitrogen and oxygen atoms in total. The lowest BCUT2D eigenvalue weighted by Gasteiger charge is -2.04. The van der Waals surface area contributed by atoms with Crippen molar-refractivity contribution in [3.05, 3.63) is 24.7 Å². The molecular weight excluding hydrogens is 308 g/mol. The molecule has 0 amide bonds. The minimum Gasteiger partial charge on any atom is -0.448 e. The summed E-state index contributed by atoms with van der Waals surface area (Å²) >= 11 is 1.35. The van der Waals surface area contributed by atoms with Crippen molar-refractivity contribution in [3.63, 3.8) is 0 Å². The molecule has 0 radical (unpaired) electrons. The van der Waals surface area contributed by atoms with E-state index in [1.54, 1.807) is 23.2 Å². The van der Waals surface area contributed by atoms with Crippen LogP contribution in [-0.4, -0.2) is 52.7 Å². The molecule has 0 aromatic carbocycles. The Morgan fingerprint density at radius 2 is 2.23 bits per heavy atom. The number of nitrogens with zero attached hydrogens (tertiary/aromatic N) is 6. The van der Waals surface area contributed by atoms with E-state index in [1.807, 2.05) is 13.1 Å². The highest BCUT2D eigenvalue weighted by atomic mass is 32.2. The highest BCUT2D eigenvalue weighted by Gasteiger charge is 2.13. The molecule has 3 heterocycles. The molecular formula is C12H14N6O3S. The van der Waals surface area contributed by atoms with Gasteiger partial charge in [0.2, 0.25) is 0 Å². The van der Waals surface area contributed by atoms with Crippen molar-refractivity contribution in [2.24, 2.45) is 7.05 Å². The van der Waals surface area contributed by atoms with Gasteiger partial charge in [-0.3, -0.25) is 0 Å². The molecule has 1 atom stereocenters. The molecule has 0 saturated heterocycles. The summed E-state index contributed by atoms with van der Waals surface area (Å²) in [4.78, 5) is 0. The lowest BCUT2D eigenvalue weighted by Crippen LogP contribution is -2.20. The lowest BCUT2D eigenvalue weighted by molar-refractivity contribution is 0.0778. The van der Waals surface area contributed by atoms with Gasteiger partial charge in [-0.1, -0.05) is 5.21 Å². The van der Waals surface area contributed by atoms with E-state index in [9.17, 15) is 5.11 Å². The fourth-order valence-electron chi connectivity index (χ4n) is 1.74. The first-order chi connectivity index (χ1) is 10.7. The van der Waals surface area contributed by atoms with Crippen LogP contribution in [0.5, 0.6) is 0 Å². The van der Waals surface area contributed by atoms with Crippen LogP contribution in [-0.2, 0) is 13.6 Å². The van der Waals surface area contributed by atoms with Gasteiger partial charge in [-0.25, -0.2) is 4.68 Å². The average molecular weight is 322 g/mol. The maximum atomic E-state index is 9.38.